The highest BCUT2D eigenvalue weighted by molar-refractivity contribution is 6.03. The SMILES string of the molecule is CCOc1cc(C=O)ccc1OCC(=O)N1N=C(c2ccc([N+](=O)[O-])cc2)CC1c1ccc(OC)c(OC)c1. The minimum absolute atomic E-state index is 0.0409. The molecule has 0 N–H and O–H groups in total. The molecule has 1 unspecified atom stereocenters. The average Bonchev–Trinajstić information content (AvgIpc) is 3.42. The van der Waals surface area contributed by atoms with Crippen LogP contribution in [-0.2, 0) is 4.79 Å². The lowest BCUT2D eigenvalue weighted by atomic mass is 9.98. The van der Waals surface area contributed by atoms with Crippen molar-refractivity contribution < 1.29 is 33.5 Å². The molecule has 11 heteroatoms. The number of benzene rings is 3. The van der Waals surface area contributed by atoms with Crippen LogP contribution in [0.15, 0.2) is 65.8 Å². The number of nitro groups is 1. The van der Waals surface area contributed by atoms with Crippen LogP contribution in [0.1, 0.15) is 40.9 Å². The summed E-state index contributed by atoms with van der Waals surface area (Å²) in [6, 6.07) is 15.6. The lowest BCUT2D eigenvalue weighted by Gasteiger charge is -2.23. The van der Waals surface area contributed by atoms with Crippen molar-refractivity contribution in [3.63, 3.8) is 0 Å². The number of methoxy groups -OCH3 is 2. The summed E-state index contributed by atoms with van der Waals surface area (Å²) in [5, 5.41) is 17.0. The fourth-order valence-corrected chi connectivity index (χ4v) is 4.20. The monoisotopic (exact) mass is 533 g/mol. The molecule has 3 aromatic carbocycles. The molecule has 0 aliphatic carbocycles. The summed E-state index contributed by atoms with van der Waals surface area (Å²) >= 11 is 0. The lowest BCUT2D eigenvalue weighted by Crippen LogP contribution is -2.31. The number of nitro benzene ring substituents is 1. The highest BCUT2D eigenvalue weighted by atomic mass is 16.6. The lowest BCUT2D eigenvalue weighted by molar-refractivity contribution is -0.384. The fraction of sp³-hybridized carbons (Fsp3) is 0.250. The molecule has 1 heterocycles. The maximum Gasteiger partial charge on any atom is 0.281 e. The summed E-state index contributed by atoms with van der Waals surface area (Å²) in [6.45, 7) is 1.80. The molecular formula is C28H27N3O8. The number of carbonyl (C=O) groups excluding carboxylic acids is 2. The second-order valence-electron chi connectivity index (χ2n) is 8.47. The van der Waals surface area contributed by atoms with Gasteiger partial charge in [0.15, 0.2) is 29.6 Å². The minimum Gasteiger partial charge on any atom is -0.493 e. The van der Waals surface area contributed by atoms with Gasteiger partial charge in [-0.05, 0) is 60.5 Å². The van der Waals surface area contributed by atoms with Crippen molar-refractivity contribution in [2.75, 3.05) is 27.4 Å². The molecule has 1 aliphatic rings. The number of rotatable bonds is 11. The average molecular weight is 534 g/mol. The molecule has 0 spiro atoms. The first-order valence-corrected chi connectivity index (χ1v) is 12.1. The van der Waals surface area contributed by atoms with Gasteiger partial charge in [0.2, 0.25) is 0 Å². The highest BCUT2D eigenvalue weighted by Gasteiger charge is 2.34. The summed E-state index contributed by atoms with van der Waals surface area (Å²) in [5.74, 6) is 1.28. The molecule has 0 saturated carbocycles. The Morgan fingerprint density at radius 3 is 2.36 bits per heavy atom. The molecule has 0 aromatic heterocycles. The number of non-ortho nitro benzene ring substituents is 1. The molecule has 39 heavy (non-hydrogen) atoms. The van der Waals surface area contributed by atoms with E-state index >= 15 is 0 Å². The Labute approximate surface area is 224 Å². The molecule has 0 bridgehead atoms. The van der Waals surface area contributed by atoms with Crippen LogP contribution in [0.4, 0.5) is 5.69 Å². The smallest absolute Gasteiger partial charge is 0.281 e. The van der Waals surface area contributed by atoms with Gasteiger partial charge in [0, 0.05) is 24.1 Å². The highest BCUT2D eigenvalue weighted by Crippen LogP contribution is 2.38. The molecule has 202 valence electrons. The van der Waals surface area contributed by atoms with Crippen LogP contribution < -0.4 is 18.9 Å². The van der Waals surface area contributed by atoms with E-state index in [2.05, 4.69) is 5.10 Å². The van der Waals surface area contributed by atoms with Gasteiger partial charge in [0.05, 0.1) is 37.5 Å². The Bertz CT molecular complexity index is 1400. The van der Waals surface area contributed by atoms with Gasteiger partial charge in [-0.15, -0.1) is 0 Å². The van der Waals surface area contributed by atoms with E-state index in [0.29, 0.717) is 59.2 Å². The predicted octanol–water partition coefficient (Wildman–Crippen LogP) is 4.58. The van der Waals surface area contributed by atoms with E-state index in [1.165, 1.54) is 31.4 Å². The molecule has 3 aromatic rings. The fourth-order valence-electron chi connectivity index (χ4n) is 4.20. The minimum atomic E-state index is -0.491. The first kappa shape index (κ1) is 27.1. The van der Waals surface area contributed by atoms with Crippen molar-refractivity contribution in [1.29, 1.82) is 0 Å². The molecule has 1 atom stereocenters. The molecule has 11 nitrogen and oxygen atoms in total. The third-order valence-corrected chi connectivity index (χ3v) is 6.12. The number of hydrogen-bond donors (Lipinski definition) is 0. The Morgan fingerprint density at radius 2 is 1.72 bits per heavy atom. The zero-order valence-corrected chi connectivity index (χ0v) is 21.7. The summed E-state index contributed by atoms with van der Waals surface area (Å²) in [6.07, 6.45) is 1.06. The van der Waals surface area contributed by atoms with E-state index in [1.54, 1.807) is 49.4 Å². The molecular weight excluding hydrogens is 506 g/mol. The Hall–Kier alpha value is -4.93. The third kappa shape index (κ3) is 5.98. The van der Waals surface area contributed by atoms with Crippen LogP contribution in [-0.4, -0.2) is 55.3 Å². The van der Waals surface area contributed by atoms with Crippen molar-refractivity contribution in [2.24, 2.45) is 5.10 Å². The van der Waals surface area contributed by atoms with Crippen molar-refractivity contribution in [3.8, 4) is 23.0 Å². The number of hydrazone groups is 1. The molecule has 0 radical (unpaired) electrons. The number of carbonyl (C=O) groups is 2. The van der Waals surface area contributed by atoms with Gasteiger partial charge >= 0.3 is 0 Å². The molecule has 0 fully saturated rings. The normalized spacial score (nSPS) is 14.4. The Balaban J connectivity index is 1.63. The topological polar surface area (TPSA) is 130 Å². The number of nitrogens with zero attached hydrogens (tertiary/aromatic N) is 3. The van der Waals surface area contributed by atoms with Crippen LogP contribution in [0, 0.1) is 10.1 Å². The zero-order valence-electron chi connectivity index (χ0n) is 21.7. The van der Waals surface area contributed by atoms with Crippen LogP contribution in [0.2, 0.25) is 0 Å². The first-order chi connectivity index (χ1) is 18.9. The first-order valence-electron chi connectivity index (χ1n) is 12.1. The van der Waals surface area contributed by atoms with Crippen LogP contribution in [0.5, 0.6) is 23.0 Å². The molecule has 0 saturated heterocycles. The standard InChI is InChI=1S/C28H27N3O8/c1-4-38-27-13-18(16-32)5-11-25(27)39-17-28(33)30-23(20-8-12-24(36-2)26(14-20)37-3)15-22(29-30)19-6-9-21(10-7-19)31(34)35/h5-14,16,23H,4,15,17H2,1-3H3. The van der Waals surface area contributed by atoms with Crippen LogP contribution >= 0.6 is 0 Å². The summed E-state index contributed by atoms with van der Waals surface area (Å²) in [7, 11) is 3.06. The maximum absolute atomic E-state index is 13.4. The molecule has 4 rings (SSSR count). The number of amides is 1. The van der Waals surface area contributed by atoms with E-state index in [9.17, 15) is 19.7 Å². The van der Waals surface area contributed by atoms with Gasteiger partial charge in [-0.2, -0.15) is 5.10 Å². The van der Waals surface area contributed by atoms with E-state index in [4.69, 9.17) is 18.9 Å². The number of ether oxygens (including phenoxy) is 4. The van der Waals surface area contributed by atoms with Gasteiger partial charge in [0.1, 0.15) is 6.29 Å². The number of aldehydes is 1. The van der Waals surface area contributed by atoms with Crippen LogP contribution in [0.25, 0.3) is 0 Å². The molecule has 1 amide bonds. The van der Waals surface area contributed by atoms with Gasteiger partial charge in [-0.25, -0.2) is 5.01 Å². The van der Waals surface area contributed by atoms with E-state index in [-0.39, 0.29) is 12.3 Å². The Morgan fingerprint density at radius 1 is 1.00 bits per heavy atom. The summed E-state index contributed by atoms with van der Waals surface area (Å²) in [5.41, 5.74) is 2.38. The van der Waals surface area contributed by atoms with Gasteiger partial charge in [-0.1, -0.05) is 6.07 Å². The van der Waals surface area contributed by atoms with E-state index in [1.807, 2.05) is 6.07 Å². The second kappa shape index (κ2) is 12.1. The van der Waals surface area contributed by atoms with Crippen molar-refractivity contribution in [2.45, 2.75) is 19.4 Å². The Kier molecular flexibility index (Phi) is 8.40. The predicted molar refractivity (Wildman–Crippen MR) is 142 cm³/mol. The maximum atomic E-state index is 13.4. The number of hydrogen-bond acceptors (Lipinski definition) is 9. The van der Waals surface area contributed by atoms with E-state index in [0.717, 1.165) is 5.56 Å². The van der Waals surface area contributed by atoms with E-state index < -0.39 is 16.9 Å². The second-order valence-corrected chi connectivity index (χ2v) is 8.47. The molecule has 1 aliphatic heterocycles. The van der Waals surface area contributed by atoms with Gasteiger partial charge < -0.3 is 18.9 Å². The van der Waals surface area contributed by atoms with Crippen molar-refractivity contribution >= 4 is 23.6 Å². The van der Waals surface area contributed by atoms with Gasteiger partial charge in [0.25, 0.3) is 11.6 Å². The zero-order chi connectivity index (χ0) is 27.9. The van der Waals surface area contributed by atoms with Crippen molar-refractivity contribution in [3.05, 3.63) is 87.5 Å². The quantitative estimate of drug-likeness (QED) is 0.199. The van der Waals surface area contributed by atoms with Crippen molar-refractivity contribution in [1.82, 2.24) is 5.01 Å². The van der Waals surface area contributed by atoms with Crippen LogP contribution in [0.3, 0.4) is 0 Å². The summed E-state index contributed by atoms with van der Waals surface area (Å²) < 4.78 is 22.1. The summed E-state index contributed by atoms with van der Waals surface area (Å²) in [4.78, 5) is 35.2. The third-order valence-electron chi connectivity index (χ3n) is 6.12. The van der Waals surface area contributed by atoms with Gasteiger partial charge in [-0.3, -0.25) is 19.7 Å². The largest absolute Gasteiger partial charge is 0.493 e.